The van der Waals surface area contributed by atoms with Crippen LogP contribution in [0, 0.1) is 35.5 Å². The zero-order chi connectivity index (χ0) is 16.6. The molecular weight excluding hydrogens is 306 g/mol. The predicted octanol–water partition coefficient (Wildman–Crippen LogP) is 2.26. The van der Waals surface area contributed by atoms with E-state index in [-0.39, 0.29) is 35.5 Å². The number of allylic oxidation sites excluding steroid dienone is 2. The standard InChI is InChI=1S/C19H19NO4/c1-23-9-3-6-14(15(7-9)24-2)20-18(21)16-10-4-5-11(13-8-12(10)13)17(16)19(20)22/h3-7,10-13,16-17H,8H2,1-2H3/t10-,11-,12-,13+,16-,17+/m0/s1. The highest BCUT2D eigenvalue weighted by Crippen LogP contribution is 2.65. The van der Waals surface area contributed by atoms with Gasteiger partial charge in [-0.3, -0.25) is 9.59 Å². The first-order chi connectivity index (χ1) is 11.7. The molecular formula is C19H19NO4. The average molecular weight is 325 g/mol. The molecule has 4 aliphatic carbocycles. The number of carbonyl (C=O) groups excluding carboxylic acids is 2. The van der Waals surface area contributed by atoms with E-state index in [0.717, 1.165) is 0 Å². The lowest BCUT2D eigenvalue weighted by Gasteiger charge is -2.37. The molecule has 5 heteroatoms. The van der Waals surface area contributed by atoms with Crippen LogP contribution in [0.4, 0.5) is 5.69 Å². The molecule has 2 amide bonds. The molecule has 0 radical (unpaired) electrons. The topological polar surface area (TPSA) is 55.8 Å². The van der Waals surface area contributed by atoms with Crippen LogP contribution in [0.5, 0.6) is 11.5 Å². The van der Waals surface area contributed by atoms with Crippen LogP contribution in [-0.2, 0) is 9.59 Å². The molecule has 124 valence electrons. The monoisotopic (exact) mass is 325 g/mol. The SMILES string of the molecule is COc1ccc(N2C(=O)[C@@H]3[C@H]4C=C[C@@H]([C@@H]5C[C@H]45)[C@@H]3C2=O)c(OC)c1. The van der Waals surface area contributed by atoms with Gasteiger partial charge in [0.15, 0.2) is 0 Å². The van der Waals surface area contributed by atoms with Crippen LogP contribution in [0.2, 0.25) is 0 Å². The Balaban J connectivity index is 1.57. The molecule has 0 spiro atoms. The van der Waals surface area contributed by atoms with Crippen molar-refractivity contribution in [1.82, 2.24) is 0 Å². The van der Waals surface area contributed by atoms with E-state index in [1.54, 1.807) is 25.3 Å². The Hall–Kier alpha value is -2.30. The second kappa shape index (κ2) is 4.62. The minimum atomic E-state index is -0.192. The molecule has 1 aliphatic heterocycles. The third-order valence-electron chi connectivity index (χ3n) is 6.29. The van der Waals surface area contributed by atoms with Gasteiger partial charge < -0.3 is 9.47 Å². The van der Waals surface area contributed by atoms with Crippen molar-refractivity contribution in [1.29, 1.82) is 0 Å². The van der Waals surface area contributed by atoms with Crippen LogP contribution >= 0.6 is 0 Å². The molecule has 0 unspecified atom stereocenters. The molecule has 1 heterocycles. The Morgan fingerprint density at radius 3 is 2.12 bits per heavy atom. The van der Waals surface area contributed by atoms with Crippen LogP contribution in [0.3, 0.4) is 0 Å². The van der Waals surface area contributed by atoms with E-state index in [9.17, 15) is 9.59 Å². The minimum Gasteiger partial charge on any atom is -0.497 e. The Morgan fingerprint density at radius 2 is 1.58 bits per heavy atom. The van der Waals surface area contributed by atoms with E-state index in [1.165, 1.54) is 18.4 Å². The number of benzene rings is 1. The van der Waals surface area contributed by atoms with Crippen molar-refractivity contribution in [3.63, 3.8) is 0 Å². The largest absolute Gasteiger partial charge is 0.497 e. The number of imide groups is 1. The molecule has 0 aromatic heterocycles. The van der Waals surface area contributed by atoms with Crippen molar-refractivity contribution in [2.45, 2.75) is 6.42 Å². The highest BCUT2D eigenvalue weighted by atomic mass is 16.5. The highest BCUT2D eigenvalue weighted by molar-refractivity contribution is 6.23. The Labute approximate surface area is 140 Å². The van der Waals surface area contributed by atoms with Crippen molar-refractivity contribution in [3.05, 3.63) is 30.4 Å². The van der Waals surface area contributed by atoms with Crippen LogP contribution < -0.4 is 14.4 Å². The number of hydrogen-bond acceptors (Lipinski definition) is 4. The summed E-state index contributed by atoms with van der Waals surface area (Å²) in [6.45, 7) is 0. The second-order valence-corrected chi connectivity index (χ2v) is 7.20. The first kappa shape index (κ1) is 14.1. The Bertz CT molecular complexity index is 750. The number of nitrogens with zero attached hydrogens (tertiary/aromatic N) is 1. The highest BCUT2D eigenvalue weighted by Gasteiger charge is 2.67. The normalized spacial score (nSPS) is 38.2. The fourth-order valence-electron chi connectivity index (χ4n) is 5.16. The Kier molecular flexibility index (Phi) is 2.71. The predicted molar refractivity (Wildman–Crippen MR) is 86.7 cm³/mol. The van der Waals surface area contributed by atoms with Gasteiger partial charge in [-0.15, -0.1) is 0 Å². The van der Waals surface area contributed by atoms with E-state index in [4.69, 9.17) is 9.47 Å². The zero-order valence-electron chi connectivity index (χ0n) is 13.6. The van der Waals surface area contributed by atoms with Crippen LogP contribution in [0.1, 0.15) is 6.42 Å². The fourth-order valence-corrected chi connectivity index (χ4v) is 5.16. The van der Waals surface area contributed by atoms with Crippen molar-refractivity contribution in [3.8, 4) is 11.5 Å². The molecule has 2 saturated carbocycles. The first-order valence-electron chi connectivity index (χ1n) is 8.44. The molecule has 24 heavy (non-hydrogen) atoms. The number of rotatable bonds is 3. The van der Waals surface area contributed by atoms with Gasteiger partial charge in [-0.05, 0) is 42.2 Å². The van der Waals surface area contributed by atoms with Gasteiger partial charge in [0.2, 0.25) is 11.8 Å². The van der Waals surface area contributed by atoms with Gasteiger partial charge in [0.25, 0.3) is 0 Å². The molecule has 6 atom stereocenters. The fraction of sp³-hybridized carbons (Fsp3) is 0.474. The molecule has 2 bridgehead atoms. The summed E-state index contributed by atoms with van der Waals surface area (Å²) < 4.78 is 10.6. The van der Waals surface area contributed by atoms with Crippen molar-refractivity contribution < 1.29 is 19.1 Å². The molecule has 0 N–H and O–H groups in total. The lowest BCUT2D eigenvalue weighted by atomic mass is 9.63. The Morgan fingerprint density at radius 1 is 0.958 bits per heavy atom. The van der Waals surface area contributed by atoms with Crippen molar-refractivity contribution in [2.75, 3.05) is 19.1 Å². The molecule has 5 nitrogen and oxygen atoms in total. The molecule has 3 fully saturated rings. The summed E-state index contributed by atoms with van der Waals surface area (Å²) in [6.07, 6.45) is 5.53. The second-order valence-electron chi connectivity index (χ2n) is 7.20. The number of methoxy groups -OCH3 is 2. The van der Waals surface area contributed by atoms with Crippen LogP contribution in [0.15, 0.2) is 30.4 Å². The number of ether oxygens (including phenoxy) is 2. The summed E-state index contributed by atoms with van der Waals surface area (Å²) in [5, 5.41) is 0. The maximum atomic E-state index is 13.1. The summed E-state index contributed by atoms with van der Waals surface area (Å²) >= 11 is 0. The maximum Gasteiger partial charge on any atom is 0.238 e. The summed E-state index contributed by atoms with van der Waals surface area (Å²) in [4.78, 5) is 27.6. The van der Waals surface area contributed by atoms with Crippen molar-refractivity contribution >= 4 is 17.5 Å². The summed E-state index contributed by atoms with van der Waals surface area (Å²) in [7, 11) is 3.11. The van der Waals surface area contributed by atoms with Crippen molar-refractivity contribution in [2.24, 2.45) is 35.5 Å². The maximum absolute atomic E-state index is 13.1. The first-order valence-corrected chi connectivity index (χ1v) is 8.44. The third kappa shape index (κ3) is 1.60. The van der Waals surface area contributed by atoms with Gasteiger partial charge in [0.1, 0.15) is 11.5 Å². The minimum absolute atomic E-state index is 0.0711. The van der Waals surface area contributed by atoms with E-state index in [0.29, 0.717) is 29.0 Å². The lowest BCUT2D eigenvalue weighted by molar-refractivity contribution is -0.124. The summed E-state index contributed by atoms with van der Waals surface area (Å²) in [5.74, 6) is 2.27. The average Bonchev–Trinajstić information content (AvgIpc) is 3.39. The van der Waals surface area contributed by atoms with Gasteiger partial charge in [0.05, 0.1) is 31.7 Å². The summed E-state index contributed by atoms with van der Waals surface area (Å²) in [5.41, 5.74) is 0.524. The van der Waals surface area contributed by atoms with Crippen LogP contribution in [0.25, 0.3) is 0 Å². The molecule has 1 aromatic rings. The molecule has 1 aromatic carbocycles. The molecule has 5 aliphatic rings. The van der Waals surface area contributed by atoms with E-state index in [1.807, 2.05) is 0 Å². The van der Waals surface area contributed by atoms with E-state index >= 15 is 0 Å². The zero-order valence-corrected chi connectivity index (χ0v) is 13.6. The molecule has 1 saturated heterocycles. The smallest absolute Gasteiger partial charge is 0.238 e. The third-order valence-corrected chi connectivity index (χ3v) is 6.29. The van der Waals surface area contributed by atoms with Gasteiger partial charge in [0, 0.05) is 6.07 Å². The van der Waals surface area contributed by atoms with Gasteiger partial charge in [-0.25, -0.2) is 4.90 Å². The van der Waals surface area contributed by atoms with E-state index < -0.39 is 0 Å². The number of hydrogen-bond donors (Lipinski definition) is 0. The molecule has 6 rings (SSSR count). The van der Waals surface area contributed by atoms with Gasteiger partial charge >= 0.3 is 0 Å². The van der Waals surface area contributed by atoms with Gasteiger partial charge in [-0.1, -0.05) is 12.2 Å². The number of anilines is 1. The summed E-state index contributed by atoms with van der Waals surface area (Å²) in [6, 6.07) is 5.20. The quantitative estimate of drug-likeness (QED) is 0.632. The lowest BCUT2D eigenvalue weighted by Crippen LogP contribution is -2.40. The van der Waals surface area contributed by atoms with E-state index in [2.05, 4.69) is 12.2 Å². The van der Waals surface area contributed by atoms with Gasteiger partial charge in [-0.2, -0.15) is 0 Å². The van der Waals surface area contributed by atoms with Crippen LogP contribution in [-0.4, -0.2) is 26.0 Å². The number of carbonyl (C=O) groups is 2. The number of amides is 2.